The largest absolute Gasteiger partial charge is 0.294 e. The number of fused-ring (bicyclic) bond motifs is 2. The first-order valence-electron chi connectivity index (χ1n) is 6.70. The van der Waals surface area contributed by atoms with E-state index in [1.165, 1.54) is 19.3 Å². The van der Waals surface area contributed by atoms with Crippen molar-refractivity contribution in [2.75, 3.05) is 0 Å². The molecule has 0 N–H and O–H groups in total. The van der Waals surface area contributed by atoms with Crippen molar-refractivity contribution in [1.29, 1.82) is 0 Å². The van der Waals surface area contributed by atoms with Crippen molar-refractivity contribution in [3.63, 3.8) is 0 Å². The maximum absolute atomic E-state index is 12.4. The molecule has 0 amide bonds. The van der Waals surface area contributed by atoms with E-state index in [0.717, 1.165) is 18.4 Å². The van der Waals surface area contributed by atoms with E-state index in [1.807, 2.05) is 0 Å². The molecule has 90 valence electrons. The first-order valence-corrected chi connectivity index (χ1v) is 6.70. The lowest BCUT2D eigenvalue weighted by Gasteiger charge is -2.31. The SMILES string of the molecule is CCCC/C=C1/C(=O)[C@@]2(C)CC[C@H]1C2(C)C. The summed E-state index contributed by atoms with van der Waals surface area (Å²) in [7, 11) is 0. The highest BCUT2D eigenvalue weighted by molar-refractivity contribution is 6.04. The molecule has 0 radical (unpaired) electrons. The molecule has 0 unspecified atom stereocenters. The van der Waals surface area contributed by atoms with Crippen LogP contribution in [0.3, 0.4) is 0 Å². The Morgan fingerprint density at radius 2 is 2.06 bits per heavy atom. The molecular formula is C15H24O. The minimum absolute atomic E-state index is 0.0737. The zero-order valence-corrected chi connectivity index (χ0v) is 11.1. The van der Waals surface area contributed by atoms with Gasteiger partial charge in [-0.15, -0.1) is 0 Å². The molecule has 1 heteroatoms. The molecule has 0 spiro atoms. The van der Waals surface area contributed by atoms with E-state index in [-0.39, 0.29) is 10.8 Å². The van der Waals surface area contributed by atoms with Crippen molar-refractivity contribution in [2.24, 2.45) is 16.7 Å². The fraction of sp³-hybridized carbons (Fsp3) is 0.800. The Labute approximate surface area is 99.3 Å². The van der Waals surface area contributed by atoms with Gasteiger partial charge in [0.25, 0.3) is 0 Å². The fourth-order valence-electron chi connectivity index (χ4n) is 3.62. The van der Waals surface area contributed by atoms with Gasteiger partial charge in [-0.2, -0.15) is 0 Å². The number of hydrogen-bond acceptors (Lipinski definition) is 1. The normalized spacial score (nSPS) is 38.6. The van der Waals surface area contributed by atoms with Crippen LogP contribution < -0.4 is 0 Å². The summed E-state index contributed by atoms with van der Waals surface area (Å²) in [4.78, 5) is 12.4. The number of carbonyl (C=O) groups is 1. The Bertz CT molecular complexity index is 337. The zero-order valence-electron chi connectivity index (χ0n) is 11.1. The van der Waals surface area contributed by atoms with Crippen LogP contribution in [-0.4, -0.2) is 5.78 Å². The maximum atomic E-state index is 12.4. The van der Waals surface area contributed by atoms with Gasteiger partial charge in [0.2, 0.25) is 0 Å². The lowest BCUT2D eigenvalue weighted by Crippen LogP contribution is -2.32. The van der Waals surface area contributed by atoms with Crippen LogP contribution in [-0.2, 0) is 4.79 Å². The van der Waals surface area contributed by atoms with Crippen LogP contribution in [0.15, 0.2) is 11.6 Å². The summed E-state index contributed by atoms with van der Waals surface area (Å²) in [5.41, 5.74) is 1.27. The second-order valence-corrected chi connectivity index (χ2v) is 6.28. The smallest absolute Gasteiger partial charge is 0.165 e. The fourth-order valence-corrected chi connectivity index (χ4v) is 3.62. The summed E-state index contributed by atoms with van der Waals surface area (Å²) in [6.45, 7) is 8.94. The highest BCUT2D eigenvalue weighted by atomic mass is 16.1. The van der Waals surface area contributed by atoms with E-state index in [9.17, 15) is 4.79 Å². The Kier molecular flexibility index (Phi) is 2.76. The molecule has 0 aliphatic heterocycles. The molecular weight excluding hydrogens is 196 g/mol. The van der Waals surface area contributed by atoms with Crippen LogP contribution in [0.2, 0.25) is 0 Å². The third-order valence-electron chi connectivity index (χ3n) is 5.29. The number of hydrogen-bond donors (Lipinski definition) is 0. The number of ketones is 1. The molecule has 2 aliphatic carbocycles. The third kappa shape index (κ3) is 1.33. The molecule has 0 aromatic rings. The van der Waals surface area contributed by atoms with Crippen LogP contribution in [0, 0.1) is 16.7 Å². The van der Waals surface area contributed by atoms with Crippen molar-refractivity contribution >= 4 is 5.78 Å². The van der Waals surface area contributed by atoms with Gasteiger partial charge >= 0.3 is 0 Å². The van der Waals surface area contributed by atoms with E-state index in [1.54, 1.807) is 0 Å². The molecule has 2 rings (SSSR count). The summed E-state index contributed by atoms with van der Waals surface area (Å²) in [6, 6.07) is 0. The van der Waals surface area contributed by atoms with Crippen molar-refractivity contribution < 1.29 is 4.79 Å². The summed E-state index contributed by atoms with van der Waals surface area (Å²) in [5.74, 6) is 0.978. The zero-order chi connectivity index (χ0) is 12.0. The van der Waals surface area contributed by atoms with Gasteiger partial charge in [0, 0.05) is 5.41 Å². The first-order chi connectivity index (χ1) is 7.45. The van der Waals surface area contributed by atoms with Crippen LogP contribution in [0.25, 0.3) is 0 Å². The lowest BCUT2D eigenvalue weighted by atomic mass is 9.70. The highest BCUT2D eigenvalue weighted by Crippen LogP contribution is 2.65. The average Bonchev–Trinajstić information content (AvgIpc) is 2.53. The van der Waals surface area contributed by atoms with E-state index >= 15 is 0 Å². The van der Waals surface area contributed by atoms with Crippen molar-refractivity contribution in [3.8, 4) is 0 Å². The average molecular weight is 220 g/mol. The number of Topliss-reactive ketones (excluding diaryl/α,β-unsaturated/α-hetero) is 1. The molecule has 2 atom stereocenters. The Balaban J connectivity index is 2.26. The highest BCUT2D eigenvalue weighted by Gasteiger charge is 2.63. The van der Waals surface area contributed by atoms with Gasteiger partial charge in [0.05, 0.1) is 0 Å². The van der Waals surface area contributed by atoms with Gasteiger partial charge in [-0.1, -0.05) is 46.6 Å². The van der Waals surface area contributed by atoms with E-state index in [0.29, 0.717) is 11.7 Å². The Morgan fingerprint density at radius 1 is 1.38 bits per heavy atom. The number of rotatable bonds is 3. The summed E-state index contributed by atoms with van der Waals surface area (Å²) < 4.78 is 0. The minimum atomic E-state index is -0.0737. The number of allylic oxidation sites excluding steroid dienone is 2. The Morgan fingerprint density at radius 3 is 2.56 bits per heavy atom. The second kappa shape index (κ2) is 3.72. The lowest BCUT2D eigenvalue weighted by molar-refractivity contribution is -0.125. The molecule has 2 saturated carbocycles. The van der Waals surface area contributed by atoms with Gasteiger partial charge in [-0.05, 0) is 36.2 Å². The molecule has 0 heterocycles. The predicted octanol–water partition coefficient (Wildman–Crippen LogP) is 4.13. The molecule has 0 saturated heterocycles. The van der Waals surface area contributed by atoms with Gasteiger partial charge in [0.1, 0.15) is 0 Å². The van der Waals surface area contributed by atoms with E-state index < -0.39 is 0 Å². The molecule has 2 fully saturated rings. The van der Waals surface area contributed by atoms with Gasteiger partial charge in [-0.3, -0.25) is 4.79 Å². The molecule has 16 heavy (non-hydrogen) atoms. The van der Waals surface area contributed by atoms with Crippen LogP contribution in [0.1, 0.15) is 59.8 Å². The van der Waals surface area contributed by atoms with Gasteiger partial charge < -0.3 is 0 Å². The number of carbonyl (C=O) groups excluding carboxylic acids is 1. The molecule has 0 aromatic heterocycles. The van der Waals surface area contributed by atoms with Crippen molar-refractivity contribution in [3.05, 3.63) is 11.6 Å². The summed E-state index contributed by atoms with van der Waals surface area (Å²) in [6.07, 6.45) is 8.05. The second-order valence-electron chi connectivity index (χ2n) is 6.28. The first kappa shape index (κ1) is 11.9. The predicted molar refractivity (Wildman–Crippen MR) is 67.2 cm³/mol. The van der Waals surface area contributed by atoms with E-state index in [2.05, 4.69) is 33.8 Å². The summed E-state index contributed by atoms with van der Waals surface area (Å²) in [5, 5.41) is 0. The minimum Gasteiger partial charge on any atom is -0.294 e. The molecule has 1 nitrogen and oxygen atoms in total. The maximum Gasteiger partial charge on any atom is 0.165 e. The van der Waals surface area contributed by atoms with Crippen molar-refractivity contribution in [1.82, 2.24) is 0 Å². The quantitative estimate of drug-likeness (QED) is 0.516. The van der Waals surface area contributed by atoms with Crippen LogP contribution >= 0.6 is 0 Å². The Hall–Kier alpha value is -0.590. The monoisotopic (exact) mass is 220 g/mol. The molecule has 2 bridgehead atoms. The number of unbranched alkanes of at least 4 members (excludes halogenated alkanes) is 2. The standard InChI is InChI=1S/C15H24O/c1-5-6-7-8-11-12-9-10-15(4,13(11)16)14(12,2)3/h8,12H,5-7,9-10H2,1-4H3/b11-8+/t12-,15-/m1/s1. The molecule has 2 aliphatic rings. The van der Waals surface area contributed by atoms with Crippen molar-refractivity contribution in [2.45, 2.75) is 59.8 Å². The van der Waals surface area contributed by atoms with Crippen LogP contribution in [0.5, 0.6) is 0 Å². The topological polar surface area (TPSA) is 17.1 Å². The van der Waals surface area contributed by atoms with Gasteiger partial charge in [0.15, 0.2) is 5.78 Å². The molecule has 0 aromatic carbocycles. The third-order valence-corrected chi connectivity index (χ3v) is 5.29. The van der Waals surface area contributed by atoms with Gasteiger partial charge in [-0.25, -0.2) is 0 Å². The van der Waals surface area contributed by atoms with E-state index in [4.69, 9.17) is 0 Å². The summed E-state index contributed by atoms with van der Waals surface area (Å²) >= 11 is 0. The van der Waals surface area contributed by atoms with Crippen LogP contribution in [0.4, 0.5) is 0 Å².